The molecule has 3 N–H and O–H groups in total. The summed E-state index contributed by atoms with van der Waals surface area (Å²) in [4.78, 5) is 48.2. The molecule has 0 aromatic heterocycles. The summed E-state index contributed by atoms with van der Waals surface area (Å²) in [6.07, 6.45) is -2.34. The van der Waals surface area contributed by atoms with E-state index in [0.717, 1.165) is 0 Å². The van der Waals surface area contributed by atoms with Crippen molar-refractivity contribution in [1.29, 1.82) is 0 Å². The molecule has 1 atom stereocenters. The standard InChI is InChI=1S/C20H27ClN2O7/c1-19(2,3)29-17(27)22-13-9-11(21)7-8-12(13)15(24)10-14(16(25)26)23-18(28)30-20(4,5)6/h7-9,14H,10H2,1-6H3,(H,22,27)(H,23,28)(H,25,26). The van der Waals surface area contributed by atoms with E-state index in [0.29, 0.717) is 0 Å². The molecule has 10 heteroatoms. The Kier molecular flexibility index (Phi) is 8.24. The number of rotatable bonds is 6. The number of anilines is 1. The number of alkyl carbamates (subject to hydrolysis) is 1. The number of hydrogen-bond donors (Lipinski definition) is 3. The molecule has 1 unspecified atom stereocenters. The fourth-order valence-corrected chi connectivity index (χ4v) is 2.39. The summed E-state index contributed by atoms with van der Waals surface area (Å²) >= 11 is 5.95. The first-order valence-electron chi connectivity index (χ1n) is 9.12. The molecule has 9 nitrogen and oxygen atoms in total. The number of carbonyl (C=O) groups is 4. The van der Waals surface area contributed by atoms with Crippen molar-refractivity contribution in [3.05, 3.63) is 28.8 Å². The zero-order chi connectivity index (χ0) is 23.3. The first-order valence-corrected chi connectivity index (χ1v) is 9.50. The van der Waals surface area contributed by atoms with E-state index in [1.165, 1.54) is 18.2 Å². The van der Waals surface area contributed by atoms with Crippen molar-refractivity contribution in [2.45, 2.75) is 65.2 Å². The summed E-state index contributed by atoms with van der Waals surface area (Å²) < 4.78 is 10.2. The predicted molar refractivity (Wildman–Crippen MR) is 111 cm³/mol. The molecule has 1 aromatic rings. The molecule has 166 valence electrons. The second-order valence-electron chi connectivity index (χ2n) is 8.48. The van der Waals surface area contributed by atoms with Gasteiger partial charge in [0.15, 0.2) is 5.78 Å². The molecular formula is C20H27ClN2O7. The largest absolute Gasteiger partial charge is 0.480 e. The minimum absolute atomic E-state index is 0.0162. The minimum atomic E-state index is -1.53. The van der Waals surface area contributed by atoms with Crippen LogP contribution in [0.3, 0.4) is 0 Å². The molecule has 0 heterocycles. The molecule has 0 saturated carbocycles. The Morgan fingerprint density at radius 3 is 2.03 bits per heavy atom. The normalized spacial score (nSPS) is 12.5. The van der Waals surface area contributed by atoms with Crippen LogP contribution < -0.4 is 10.6 Å². The van der Waals surface area contributed by atoms with E-state index >= 15 is 0 Å². The monoisotopic (exact) mass is 442 g/mol. The molecule has 1 aromatic carbocycles. The van der Waals surface area contributed by atoms with Crippen molar-refractivity contribution < 1.29 is 33.8 Å². The topological polar surface area (TPSA) is 131 Å². The van der Waals surface area contributed by atoms with E-state index in [1.807, 2.05) is 0 Å². The van der Waals surface area contributed by atoms with E-state index < -0.39 is 47.6 Å². The molecule has 2 amide bonds. The van der Waals surface area contributed by atoms with Gasteiger partial charge in [-0.25, -0.2) is 14.4 Å². The molecule has 0 bridgehead atoms. The number of ketones is 1. The summed E-state index contributed by atoms with van der Waals surface area (Å²) in [5.74, 6) is -2.05. The summed E-state index contributed by atoms with van der Waals surface area (Å²) in [6, 6.07) is 2.59. The summed E-state index contributed by atoms with van der Waals surface area (Å²) in [6.45, 7) is 9.89. The highest BCUT2D eigenvalue weighted by Gasteiger charge is 2.28. The number of halogens is 1. The van der Waals surface area contributed by atoms with Crippen LogP contribution in [0.15, 0.2) is 18.2 Å². The van der Waals surface area contributed by atoms with E-state index in [1.54, 1.807) is 41.5 Å². The maximum absolute atomic E-state index is 12.7. The molecule has 0 saturated heterocycles. The number of aliphatic carboxylic acids is 1. The van der Waals surface area contributed by atoms with E-state index in [4.69, 9.17) is 21.1 Å². The van der Waals surface area contributed by atoms with Gasteiger partial charge in [0, 0.05) is 17.0 Å². The Balaban J connectivity index is 3.01. The lowest BCUT2D eigenvalue weighted by Crippen LogP contribution is -2.44. The third kappa shape index (κ3) is 9.13. The van der Waals surface area contributed by atoms with Gasteiger partial charge in [-0.2, -0.15) is 0 Å². The number of ether oxygens (including phenoxy) is 2. The second kappa shape index (κ2) is 9.80. The third-order valence-corrected chi connectivity index (χ3v) is 3.53. The van der Waals surface area contributed by atoms with Crippen molar-refractivity contribution >= 4 is 41.2 Å². The predicted octanol–water partition coefficient (Wildman–Crippen LogP) is 4.24. The molecule has 0 aliphatic carbocycles. The van der Waals surface area contributed by atoms with E-state index in [2.05, 4.69) is 10.6 Å². The van der Waals surface area contributed by atoms with Crippen LogP contribution in [0.2, 0.25) is 5.02 Å². The van der Waals surface area contributed by atoms with Gasteiger partial charge in [0.25, 0.3) is 0 Å². The van der Waals surface area contributed by atoms with Crippen LogP contribution in [-0.4, -0.2) is 46.3 Å². The molecule has 0 radical (unpaired) electrons. The lowest BCUT2D eigenvalue weighted by Gasteiger charge is -2.22. The van der Waals surface area contributed by atoms with Gasteiger partial charge >= 0.3 is 18.2 Å². The zero-order valence-electron chi connectivity index (χ0n) is 17.8. The Morgan fingerprint density at radius 1 is 1.00 bits per heavy atom. The number of carboxylic acid groups (broad SMARTS) is 1. The summed E-state index contributed by atoms with van der Waals surface area (Å²) in [5.41, 5.74) is -1.53. The van der Waals surface area contributed by atoms with Crippen LogP contribution >= 0.6 is 11.6 Å². The number of benzene rings is 1. The van der Waals surface area contributed by atoms with Crippen LogP contribution in [0.25, 0.3) is 0 Å². The average molecular weight is 443 g/mol. The SMILES string of the molecule is CC(C)(C)OC(=O)Nc1cc(Cl)ccc1C(=O)CC(NC(=O)OC(C)(C)C)C(=O)O. The molecule has 0 aliphatic rings. The molecule has 0 fully saturated rings. The fraction of sp³-hybridized carbons (Fsp3) is 0.500. The van der Waals surface area contributed by atoms with Crippen LogP contribution in [-0.2, 0) is 14.3 Å². The highest BCUT2D eigenvalue weighted by Crippen LogP contribution is 2.24. The van der Waals surface area contributed by atoms with Crippen LogP contribution in [0.4, 0.5) is 15.3 Å². The van der Waals surface area contributed by atoms with E-state index in [-0.39, 0.29) is 16.3 Å². The molecule has 30 heavy (non-hydrogen) atoms. The van der Waals surface area contributed by atoms with Crippen molar-refractivity contribution in [3.8, 4) is 0 Å². The number of carboxylic acids is 1. The zero-order valence-corrected chi connectivity index (χ0v) is 18.5. The summed E-state index contributed by atoms with van der Waals surface area (Å²) in [5, 5.41) is 14.2. The van der Waals surface area contributed by atoms with Gasteiger partial charge in [-0.05, 0) is 59.7 Å². The molecular weight excluding hydrogens is 416 g/mol. The third-order valence-electron chi connectivity index (χ3n) is 3.30. The van der Waals surface area contributed by atoms with Crippen LogP contribution in [0.5, 0.6) is 0 Å². The second-order valence-corrected chi connectivity index (χ2v) is 8.92. The first-order chi connectivity index (χ1) is 13.6. The van der Waals surface area contributed by atoms with Crippen LogP contribution in [0, 0.1) is 0 Å². The minimum Gasteiger partial charge on any atom is -0.480 e. The number of nitrogens with one attached hydrogen (secondary N) is 2. The van der Waals surface area contributed by atoms with Gasteiger partial charge < -0.3 is 19.9 Å². The Morgan fingerprint density at radius 2 is 1.53 bits per heavy atom. The highest BCUT2D eigenvalue weighted by molar-refractivity contribution is 6.31. The molecule has 0 spiro atoms. The molecule has 0 aliphatic heterocycles. The quantitative estimate of drug-likeness (QED) is 0.561. The van der Waals surface area contributed by atoms with Gasteiger partial charge in [-0.3, -0.25) is 10.1 Å². The Bertz CT molecular complexity index is 825. The van der Waals surface area contributed by atoms with Gasteiger partial charge in [0.1, 0.15) is 17.2 Å². The van der Waals surface area contributed by atoms with E-state index in [9.17, 15) is 24.3 Å². The maximum atomic E-state index is 12.7. The van der Waals surface area contributed by atoms with Crippen molar-refractivity contribution in [2.24, 2.45) is 0 Å². The van der Waals surface area contributed by atoms with Crippen molar-refractivity contribution in [3.63, 3.8) is 0 Å². The number of amides is 2. The van der Waals surface area contributed by atoms with Crippen molar-refractivity contribution in [1.82, 2.24) is 5.32 Å². The fourth-order valence-electron chi connectivity index (χ4n) is 2.22. The van der Waals surface area contributed by atoms with Crippen LogP contribution in [0.1, 0.15) is 58.3 Å². The smallest absolute Gasteiger partial charge is 0.412 e. The number of carbonyl (C=O) groups excluding carboxylic acids is 3. The van der Waals surface area contributed by atoms with Gasteiger partial charge in [0.05, 0.1) is 5.69 Å². The molecule has 1 rings (SSSR count). The lowest BCUT2D eigenvalue weighted by molar-refractivity contribution is -0.139. The average Bonchev–Trinajstić information content (AvgIpc) is 2.50. The number of Topliss-reactive ketones (excluding diaryl/α,β-unsaturated/α-hetero) is 1. The van der Waals surface area contributed by atoms with Gasteiger partial charge in [-0.1, -0.05) is 11.6 Å². The first kappa shape index (κ1) is 25.2. The summed E-state index contributed by atoms with van der Waals surface area (Å²) in [7, 11) is 0. The van der Waals surface area contributed by atoms with Crippen molar-refractivity contribution in [2.75, 3.05) is 5.32 Å². The number of hydrogen-bond acceptors (Lipinski definition) is 6. The lowest BCUT2D eigenvalue weighted by atomic mass is 10.0. The van der Waals surface area contributed by atoms with Gasteiger partial charge in [-0.15, -0.1) is 0 Å². The Labute approximate surface area is 180 Å². The maximum Gasteiger partial charge on any atom is 0.412 e. The highest BCUT2D eigenvalue weighted by atomic mass is 35.5. The Hall–Kier alpha value is -2.81. The van der Waals surface area contributed by atoms with Gasteiger partial charge in [0.2, 0.25) is 0 Å².